The minimum absolute atomic E-state index is 0.436. The van der Waals surface area contributed by atoms with E-state index in [1.807, 2.05) is 37.4 Å². The third-order valence-corrected chi connectivity index (χ3v) is 3.72. The second-order valence-electron chi connectivity index (χ2n) is 4.54. The highest BCUT2D eigenvalue weighted by atomic mass is 32.2. The van der Waals surface area contributed by atoms with E-state index in [-0.39, 0.29) is 0 Å². The van der Waals surface area contributed by atoms with E-state index in [0.29, 0.717) is 12.4 Å². The maximum atomic E-state index is 5.07. The van der Waals surface area contributed by atoms with Gasteiger partial charge in [0.2, 0.25) is 0 Å². The Morgan fingerprint density at radius 1 is 1.29 bits per heavy atom. The first kappa shape index (κ1) is 15.7. The fraction of sp³-hybridized carbons (Fsp3) is 0.400. The summed E-state index contributed by atoms with van der Waals surface area (Å²) >= 11 is 1.77. The molecule has 1 N–H and O–H groups in total. The van der Waals surface area contributed by atoms with Crippen molar-refractivity contribution >= 4 is 17.6 Å². The fourth-order valence-corrected chi connectivity index (χ4v) is 2.62. The van der Waals surface area contributed by atoms with Crippen molar-refractivity contribution in [2.45, 2.75) is 25.0 Å². The summed E-state index contributed by atoms with van der Waals surface area (Å²) in [5, 5.41) is 4.40. The van der Waals surface area contributed by atoms with Crippen LogP contribution in [0.1, 0.15) is 17.9 Å². The first-order chi connectivity index (χ1) is 10.3. The summed E-state index contributed by atoms with van der Waals surface area (Å²) in [6, 6.07) is 7.92. The van der Waals surface area contributed by atoms with E-state index < -0.39 is 0 Å². The third kappa shape index (κ3) is 5.69. The normalized spacial score (nSPS) is 10.6. The van der Waals surface area contributed by atoms with Crippen molar-refractivity contribution < 1.29 is 4.74 Å². The largest absolute Gasteiger partial charge is 0.377 e. The number of rotatable bonds is 8. The summed E-state index contributed by atoms with van der Waals surface area (Å²) < 4.78 is 5.07. The van der Waals surface area contributed by atoms with Gasteiger partial charge in [-0.2, -0.15) is 0 Å². The van der Waals surface area contributed by atoms with Crippen molar-refractivity contribution in [3.05, 3.63) is 42.0 Å². The highest BCUT2D eigenvalue weighted by Gasteiger charge is 2.01. The van der Waals surface area contributed by atoms with Gasteiger partial charge in [0, 0.05) is 37.4 Å². The van der Waals surface area contributed by atoms with E-state index in [1.165, 1.54) is 0 Å². The SMILES string of the molecule is COCc1nc(C)cc(NCCCSc2ccccn2)n1. The summed E-state index contributed by atoms with van der Waals surface area (Å²) in [6.45, 7) is 3.28. The first-order valence-electron chi connectivity index (χ1n) is 6.89. The molecule has 2 aromatic heterocycles. The smallest absolute Gasteiger partial charge is 0.156 e. The molecule has 0 saturated heterocycles. The lowest BCUT2D eigenvalue weighted by molar-refractivity contribution is 0.177. The van der Waals surface area contributed by atoms with E-state index in [2.05, 4.69) is 20.3 Å². The minimum Gasteiger partial charge on any atom is -0.377 e. The molecule has 0 saturated carbocycles. The molecule has 2 aromatic rings. The van der Waals surface area contributed by atoms with Gasteiger partial charge in [-0.3, -0.25) is 0 Å². The molecule has 112 valence electrons. The van der Waals surface area contributed by atoms with Gasteiger partial charge in [0.05, 0.1) is 5.03 Å². The number of methoxy groups -OCH3 is 1. The van der Waals surface area contributed by atoms with Crippen molar-refractivity contribution in [2.75, 3.05) is 24.7 Å². The monoisotopic (exact) mass is 304 g/mol. The predicted molar refractivity (Wildman–Crippen MR) is 85.5 cm³/mol. The Hall–Kier alpha value is -1.66. The van der Waals surface area contributed by atoms with Crippen molar-refractivity contribution in [1.82, 2.24) is 15.0 Å². The standard InChI is InChI=1S/C15H20N4OS/c1-12-10-13(19-14(18-12)11-20-2)16-8-5-9-21-15-6-3-4-7-17-15/h3-4,6-7,10H,5,8-9,11H2,1-2H3,(H,16,18,19). The van der Waals surface area contributed by atoms with Crippen LogP contribution in [0.5, 0.6) is 0 Å². The van der Waals surface area contributed by atoms with Gasteiger partial charge in [0.25, 0.3) is 0 Å². The Morgan fingerprint density at radius 2 is 2.19 bits per heavy atom. The summed E-state index contributed by atoms with van der Waals surface area (Å²) in [7, 11) is 1.65. The Morgan fingerprint density at radius 3 is 2.95 bits per heavy atom. The molecule has 0 amide bonds. The number of aromatic nitrogens is 3. The van der Waals surface area contributed by atoms with Gasteiger partial charge in [-0.05, 0) is 25.5 Å². The molecule has 0 aliphatic carbocycles. The Bertz CT molecular complexity index is 551. The maximum absolute atomic E-state index is 5.07. The fourth-order valence-electron chi connectivity index (χ4n) is 1.81. The second-order valence-corrected chi connectivity index (χ2v) is 5.66. The van der Waals surface area contributed by atoms with Crippen LogP contribution in [0.3, 0.4) is 0 Å². The number of nitrogens with zero attached hydrogens (tertiary/aromatic N) is 3. The van der Waals surface area contributed by atoms with E-state index in [1.54, 1.807) is 18.9 Å². The number of anilines is 1. The van der Waals surface area contributed by atoms with Crippen LogP contribution < -0.4 is 5.32 Å². The molecule has 0 fully saturated rings. The Balaban J connectivity index is 1.73. The molecule has 0 unspecified atom stereocenters. The first-order valence-corrected chi connectivity index (χ1v) is 7.87. The van der Waals surface area contributed by atoms with Crippen molar-refractivity contribution in [2.24, 2.45) is 0 Å². The average molecular weight is 304 g/mol. The van der Waals surface area contributed by atoms with Gasteiger partial charge in [-0.15, -0.1) is 11.8 Å². The third-order valence-electron chi connectivity index (χ3n) is 2.69. The second kappa shape index (κ2) is 8.59. The van der Waals surface area contributed by atoms with Gasteiger partial charge < -0.3 is 10.1 Å². The van der Waals surface area contributed by atoms with Gasteiger partial charge in [-0.25, -0.2) is 15.0 Å². The molecule has 2 heterocycles. The number of nitrogens with one attached hydrogen (secondary N) is 1. The molecule has 0 radical (unpaired) electrons. The molecular weight excluding hydrogens is 284 g/mol. The van der Waals surface area contributed by atoms with Crippen molar-refractivity contribution in [3.63, 3.8) is 0 Å². The highest BCUT2D eigenvalue weighted by Crippen LogP contribution is 2.15. The quantitative estimate of drug-likeness (QED) is 0.598. The lowest BCUT2D eigenvalue weighted by Crippen LogP contribution is -2.08. The van der Waals surface area contributed by atoms with Crippen LogP contribution in [0.15, 0.2) is 35.5 Å². The average Bonchev–Trinajstić information content (AvgIpc) is 2.48. The van der Waals surface area contributed by atoms with E-state index >= 15 is 0 Å². The molecule has 0 bridgehead atoms. The molecule has 6 heteroatoms. The van der Waals surface area contributed by atoms with Crippen LogP contribution in [-0.4, -0.2) is 34.4 Å². The van der Waals surface area contributed by atoms with Crippen LogP contribution >= 0.6 is 11.8 Å². The molecule has 0 atom stereocenters. The van der Waals surface area contributed by atoms with Gasteiger partial charge in [0.15, 0.2) is 5.82 Å². The minimum atomic E-state index is 0.436. The van der Waals surface area contributed by atoms with Crippen molar-refractivity contribution in [3.8, 4) is 0 Å². The number of hydrogen-bond donors (Lipinski definition) is 1. The molecule has 0 aromatic carbocycles. The zero-order valence-electron chi connectivity index (χ0n) is 12.4. The summed E-state index contributed by atoms with van der Waals surface area (Å²) in [5.41, 5.74) is 0.947. The van der Waals surface area contributed by atoms with Gasteiger partial charge in [-0.1, -0.05) is 6.07 Å². The number of thioether (sulfide) groups is 1. The molecule has 21 heavy (non-hydrogen) atoms. The summed E-state index contributed by atoms with van der Waals surface area (Å²) in [6.07, 6.45) is 2.87. The van der Waals surface area contributed by atoms with E-state index in [9.17, 15) is 0 Å². The number of pyridine rings is 1. The summed E-state index contributed by atoms with van der Waals surface area (Å²) in [4.78, 5) is 13.0. The molecule has 0 spiro atoms. The topological polar surface area (TPSA) is 59.9 Å². The van der Waals surface area contributed by atoms with Gasteiger partial charge >= 0.3 is 0 Å². The van der Waals surface area contributed by atoms with E-state index in [0.717, 1.165) is 35.3 Å². The predicted octanol–water partition coefficient (Wildman–Crippen LogP) is 2.92. The molecule has 2 rings (SSSR count). The molecule has 5 nitrogen and oxygen atoms in total. The van der Waals surface area contributed by atoms with Gasteiger partial charge in [0.1, 0.15) is 12.4 Å². The molecule has 0 aliphatic heterocycles. The molecule has 0 aliphatic rings. The van der Waals surface area contributed by atoms with Crippen molar-refractivity contribution in [1.29, 1.82) is 0 Å². The zero-order chi connectivity index (χ0) is 14.9. The number of ether oxygens (including phenoxy) is 1. The maximum Gasteiger partial charge on any atom is 0.156 e. The number of aryl methyl sites for hydroxylation is 1. The number of hydrogen-bond acceptors (Lipinski definition) is 6. The lowest BCUT2D eigenvalue weighted by atomic mass is 10.4. The van der Waals surface area contributed by atoms with Crippen LogP contribution in [-0.2, 0) is 11.3 Å². The highest BCUT2D eigenvalue weighted by molar-refractivity contribution is 7.99. The Labute approximate surface area is 129 Å². The molecular formula is C15H20N4OS. The van der Waals surface area contributed by atoms with Crippen LogP contribution in [0.25, 0.3) is 0 Å². The Kier molecular flexibility index (Phi) is 6.43. The van der Waals surface area contributed by atoms with E-state index in [4.69, 9.17) is 4.74 Å². The van der Waals surface area contributed by atoms with Crippen LogP contribution in [0, 0.1) is 6.92 Å². The zero-order valence-corrected chi connectivity index (χ0v) is 13.2. The van der Waals surface area contributed by atoms with Crippen LogP contribution in [0.2, 0.25) is 0 Å². The lowest BCUT2D eigenvalue weighted by Gasteiger charge is -2.08. The summed E-state index contributed by atoms with van der Waals surface area (Å²) in [5.74, 6) is 2.60. The van der Waals surface area contributed by atoms with Crippen LogP contribution in [0.4, 0.5) is 5.82 Å².